The van der Waals surface area contributed by atoms with Crippen LogP contribution in [0.25, 0.3) is 0 Å². The standard InChI is InChI=1S/C14H12Cl2FNO/c1-2-14(19,13-6-4-10(17)8-18-13)11-7-9(15)3-5-12(11)16/h3-8,19H,2H2,1H3. The number of halogens is 3. The number of hydrogen-bond acceptors (Lipinski definition) is 2. The Morgan fingerprint density at radius 1 is 1.26 bits per heavy atom. The molecule has 1 aromatic heterocycles. The van der Waals surface area contributed by atoms with E-state index in [-0.39, 0.29) is 0 Å². The van der Waals surface area contributed by atoms with Gasteiger partial charge < -0.3 is 5.11 Å². The van der Waals surface area contributed by atoms with Crippen LogP contribution in [0.1, 0.15) is 24.6 Å². The zero-order chi connectivity index (χ0) is 14.0. The molecule has 5 heteroatoms. The van der Waals surface area contributed by atoms with E-state index in [1.807, 2.05) is 0 Å². The van der Waals surface area contributed by atoms with Crippen LogP contribution in [0.4, 0.5) is 4.39 Å². The molecule has 1 atom stereocenters. The number of pyridine rings is 1. The molecule has 100 valence electrons. The highest BCUT2D eigenvalue weighted by atomic mass is 35.5. The van der Waals surface area contributed by atoms with Crippen molar-refractivity contribution in [2.75, 3.05) is 0 Å². The molecule has 1 heterocycles. The zero-order valence-electron chi connectivity index (χ0n) is 10.2. The van der Waals surface area contributed by atoms with E-state index in [0.29, 0.717) is 27.7 Å². The summed E-state index contributed by atoms with van der Waals surface area (Å²) >= 11 is 12.1. The molecular formula is C14H12Cl2FNO. The highest BCUT2D eigenvalue weighted by Gasteiger charge is 2.33. The molecular weight excluding hydrogens is 288 g/mol. The first-order valence-electron chi connectivity index (χ1n) is 5.77. The summed E-state index contributed by atoms with van der Waals surface area (Å²) in [6, 6.07) is 7.54. The molecule has 0 fully saturated rings. The maximum absolute atomic E-state index is 12.9. The molecule has 0 aliphatic heterocycles. The van der Waals surface area contributed by atoms with Gasteiger partial charge in [-0.2, -0.15) is 0 Å². The molecule has 19 heavy (non-hydrogen) atoms. The van der Waals surface area contributed by atoms with Crippen LogP contribution in [-0.4, -0.2) is 10.1 Å². The summed E-state index contributed by atoms with van der Waals surface area (Å²) in [4.78, 5) is 3.94. The van der Waals surface area contributed by atoms with E-state index in [0.717, 1.165) is 6.20 Å². The van der Waals surface area contributed by atoms with Gasteiger partial charge in [0.1, 0.15) is 11.4 Å². The van der Waals surface area contributed by atoms with Crippen molar-refractivity contribution < 1.29 is 9.50 Å². The molecule has 2 aromatic rings. The largest absolute Gasteiger partial charge is 0.379 e. The van der Waals surface area contributed by atoms with Crippen LogP contribution in [0.5, 0.6) is 0 Å². The summed E-state index contributed by atoms with van der Waals surface area (Å²) < 4.78 is 12.9. The van der Waals surface area contributed by atoms with Crippen molar-refractivity contribution in [1.82, 2.24) is 4.98 Å². The number of aliphatic hydroxyl groups is 1. The number of hydrogen-bond donors (Lipinski definition) is 1. The zero-order valence-corrected chi connectivity index (χ0v) is 11.7. The van der Waals surface area contributed by atoms with E-state index in [1.165, 1.54) is 12.1 Å². The van der Waals surface area contributed by atoms with Crippen LogP contribution in [0.15, 0.2) is 36.5 Å². The van der Waals surface area contributed by atoms with Gasteiger partial charge >= 0.3 is 0 Å². The first-order valence-corrected chi connectivity index (χ1v) is 6.53. The Bertz CT molecular complexity index is 588. The second kappa shape index (κ2) is 5.45. The molecule has 0 radical (unpaired) electrons. The van der Waals surface area contributed by atoms with E-state index in [1.54, 1.807) is 25.1 Å². The minimum atomic E-state index is -1.39. The number of benzene rings is 1. The lowest BCUT2D eigenvalue weighted by Crippen LogP contribution is -2.28. The Kier molecular flexibility index (Phi) is 4.09. The van der Waals surface area contributed by atoms with E-state index in [4.69, 9.17) is 23.2 Å². The Balaban J connectivity index is 2.59. The Hall–Kier alpha value is -1.16. The highest BCUT2D eigenvalue weighted by Crippen LogP contribution is 2.37. The van der Waals surface area contributed by atoms with Crippen molar-refractivity contribution in [2.45, 2.75) is 18.9 Å². The second-order valence-electron chi connectivity index (χ2n) is 4.20. The van der Waals surface area contributed by atoms with Crippen LogP contribution in [0.2, 0.25) is 10.0 Å². The minimum absolute atomic E-state index is 0.334. The smallest absolute Gasteiger partial charge is 0.141 e. The number of rotatable bonds is 3. The maximum atomic E-state index is 12.9. The van der Waals surface area contributed by atoms with Crippen LogP contribution >= 0.6 is 23.2 Å². The molecule has 0 amide bonds. The first-order chi connectivity index (χ1) is 8.97. The topological polar surface area (TPSA) is 33.1 Å². The van der Waals surface area contributed by atoms with Gasteiger partial charge in [0.25, 0.3) is 0 Å². The van der Waals surface area contributed by atoms with Gasteiger partial charge in [-0.25, -0.2) is 4.39 Å². The summed E-state index contributed by atoms with van der Waals surface area (Å²) in [7, 11) is 0. The van der Waals surface area contributed by atoms with Gasteiger partial charge in [-0.05, 0) is 36.8 Å². The number of aromatic nitrogens is 1. The van der Waals surface area contributed by atoms with E-state index >= 15 is 0 Å². The van der Waals surface area contributed by atoms with Gasteiger partial charge in [-0.15, -0.1) is 0 Å². The summed E-state index contributed by atoms with van der Waals surface area (Å²) in [5.41, 5.74) is -0.598. The predicted octanol–water partition coefficient (Wildman–Crippen LogP) is 4.17. The molecule has 2 rings (SSSR count). The third-order valence-electron chi connectivity index (χ3n) is 3.04. The van der Waals surface area contributed by atoms with Crippen molar-refractivity contribution in [3.8, 4) is 0 Å². The molecule has 0 aliphatic carbocycles. The van der Waals surface area contributed by atoms with Crippen molar-refractivity contribution >= 4 is 23.2 Å². The maximum Gasteiger partial charge on any atom is 0.141 e. The lowest BCUT2D eigenvalue weighted by atomic mass is 9.87. The van der Waals surface area contributed by atoms with Crippen LogP contribution < -0.4 is 0 Å². The van der Waals surface area contributed by atoms with Crippen molar-refractivity contribution in [1.29, 1.82) is 0 Å². The monoisotopic (exact) mass is 299 g/mol. The Labute approximate surface area is 120 Å². The molecule has 1 unspecified atom stereocenters. The third-order valence-corrected chi connectivity index (χ3v) is 3.60. The second-order valence-corrected chi connectivity index (χ2v) is 5.04. The number of nitrogens with zero attached hydrogens (tertiary/aromatic N) is 1. The fourth-order valence-electron chi connectivity index (χ4n) is 1.94. The van der Waals surface area contributed by atoms with Gasteiger partial charge in [-0.1, -0.05) is 30.1 Å². The normalized spacial score (nSPS) is 14.2. The average Bonchev–Trinajstić information content (AvgIpc) is 2.41. The van der Waals surface area contributed by atoms with Gasteiger partial charge in [0.2, 0.25) is 0 Å². The van der Waals surface area contributed by atoms with Gasteiger partial charge in [0.15, 0.2) is 0 Å². The molecule has 0 saturated carbocycles. The lowest BCUT2D eigenvalue weighted by Gasteiger charge is -2.28. The van der Waals surface area contributed by atoms with Gasteiger partial charge in [0, 0.05) is 15.6 Å². The van der Waals surface area contributed by atoms with Crippen LogP contribution in [-0.2, 0) is 5.60 Å². The molecule has 1 aromatic carbocycles. The minimum Gasteiger partial charge on any atom is -0.379 e. The van der Waals surface area contributed by atoms with Gasteiger partial charge in [-0.3, -0.25) is 4.98 Å². The summed E-state index contributed by atoms with van der Waals surface area (Å²) in [6.45, 7) is 1.79. The quantitative estimate of drug-likeness (QED) is 0.922. The molecule has 1 N–H and O–H groups in total. The molecule has 2 nitrogen and oxygen atoms in total. The van der Waals surface area contributed by atoms with E-state index < -0.39 is 11.4 Å². The van der Waals surface area contributed by atoms with Gasteiger partial charge in [0.05, 0.1) is 11.9 Å². The summed E-state index contributed by atoms with van der Waals surface area (Å²) in [6.07, 6.45) is 1.40. The third kappa shape index (κ3) is 2.73. The average molecular weight is 300 g/mol. The van der Waals surface area contributed by atoms with Crippen LogP contribution in [0, 0.1) is 5.82 Å². The summed E-state index contributed by atoms with van der Waals surface area (Å²) in [5.74, 6) is -0.459. The molecule has 0 saturated heterocycles. The summed E-state index contributed by atoms with van der Waals surface area (Å²) in [5, 5.41) is 11.7. The van der Waals surface area contributed by atoms with Crippen molar-refractivity contribution in [3.63, 3.8) is 0 Å². The van der Waals surface area contributed by atoms with E-state index in [2.05, 4.69) is 4.98 Å². The lowest BCUT2D eigenvalue weighted by molar-refractivity contribution is 0.0719. The molecule has 0 bridgehead atoms. The first kappa shape index (κ1) is 14.3. The van der Waals surface area contributed by atoms with Crippen molar-refractivity contribution in [3.05, 3.63) is 63.6 Å². The SMILES string of the molecule is CCC(O)(c1ccc(F)cn1)c1cc(Cl)ccc1Cl. The molecule has 0 spiro atoms. The predicted molar refractivity (Wildman–Crippen MR) is 73.9 cm³/mol. The Morgan fingerprint density at radius 2 is 2.00 bits per heavy atom. The van der Waals surface area contributed by atoms with Crippen molar-refractivity contribution in [2.24, 2.45) is 0 Å². The molecule has 0 aliphatic rings. The Morgan fingerprint density at radius 3 is 2.58 bits per heavy atom. The fraction of sp³-hybridized carbons (Fsp3) is 0.214. The fourth-order valence-corrected chi connectivity index (χ4v) is 2.39. The highest BCUT2D eigenvalue weighted by molar-refractivity contribution is 6.33. The van der Waals surface area contributed by atoms with E-state index in [9.17, 15) is 9.50 Å². The van der Waals surface area contributed by atoms with Crippen LogP contribution in [0.3, 0.4) is 0 Å².